The van der Waals surface area contributed by atoms with Gasteiger partial charge in [-0.25, -0.2) is 13.2 Å². The Hall–Kier alpha value is -1.90. The number of carbonyl (C=O) groups is 1. The Kier molecular flexibility index (Phi) is 5.40. The largest absolute Gasteiger partial charge is 0.478 e. The van der Waals surface area contributed by atoms with Gasteiger partial charge in [-0.2, -0.15) is 0 Å². The van der Waals surface area contributed by atoms with Crippen LogP contribution in [0.25, 0.3) is 0 Å². The van der Waals surface area contributed by atoms with Crippen molar-refractivity contribution in [1.82, 2.24) is 0 Å². The predicted octanol–water partition coefficient (Wildman–Crippen LogP) is 3.09. The van der Waals surface area contributed by atoms with Crippen molar-refractivity contribution in [2.75, 3.05) is 11.8 Å². The molecule has 0 aliphatic carbocycles. The second-order valence-electron chi connectivity index (χ2n) is 4.69. The number of ether oxygens (including phenoxy) is 1. The second kappa shape index (κ2) is 7.12. The molecule has 0 bridgehead atoms. The number of benzene rings is 2. The van der Waals surface area contributed by atoms with E-state index < -0.39 is 16.0 Å². The van der Waals surface area contributed by atoms with Crippen molar-refractivity contribution in [3.8, 4) is 0 Å². The molecule has 0 aliphatic rings. The summed E-state index contributed by atoms with van der Waals surface area (Å²) >= 11 is 3.08. The number of hydrogen-bond donors (Lipinski definition) is 2. The first-order chi connectivity index (χ1) is 10.8. The van der Waals surface area contributed by atoms with E-state index in [1.807, 2.05) is 6.07 Å². The number of carboxylic acid groups (broad SMARTS) is 1. The van der Waals surface area contributed by atoms with E-state index in [9.17, 15) is 13.2 Å². The molecule has 0 saturated carbocycles. The van der Waals surface area contributed by atoms with Crippen LogP contribution in [0.5, 0.6) is 0 Å². The molecule has 0 spiro atoms. The summed E-state index contributed by atoms with van der Waals surface area (Å²) in [6.07, 6.45) is 0. The topological polar surface area (TPSA) is 92.7 Å². The summed E-state index contributed by atoms with van der Waals surface area (Å²) in [5.74, 6) is -1.21. The zero-order valence-corrected chi connectivity index (χ0v) is 14.5. The van der Waals surface area contributed by atoms with Crippen LogP contribution in [0.4, 0.5) is 5.69 Å². The fraction of sp³-hybridized carbons (Fsp3) is 0.133. The van der Waals surface area contributed by atoms with Gasteiger partial charge in [0.15, 0.2) is 0 Å². The van der Waals surface area contributed by atoms with E-state index >= 15 is 0 Å². The van der Waals surface area contributed by atoms with Crippen LogP contribution in [0, 0.1) is 0 Å². The van der Waals surface area contributed by atoms with E-state index in [0.717, 1.165) is 11.6 Å². The first-order valence-corrected chi connectivity index (χ1v) is 8.74. The minimum absolute atomic E-state index is 0.124. The Morgan fingerprint density at radius 1 is 1.26 bits per heavy atom. The van der Waals surface area contributed by atoms with E-state index in [4.69, 9.17) is 9.84 Å². The van der Waals surface area contributed by atoms with Crippen molar-refractivity contribution in [3.05, 3.63) is 58.1 Å². The lowest BCUT2D eigenvalue weighted by Crippen LogP contribution is -2.14. The molecular weight excluding hydrogens is 386 g/mol. The minimum Gasteiger partial charge on any atom is -0.478 e. The second-order valence-corrected chi connectivity index (χ2v) is 7.22. The van der Waals surface area contributed by atoms with Crippen LogP contribution in [-0.4, -0.2) is 26.6 Å². The summed E-state index contributed by atoms with van der Waals surface area (Å²) in [7, 11) is -2.35. The van der Waals surface area contributed by atoms with Crippen molar-refractivity contribution in [2.45, 2.75) is 11.5 Å². The monoisotopic (exact) mass is 399 g/mol. The number of rotatable bonds is 6. The first-order valence-electron chi connectivity index (χ1n) is 6.47. The van der Waals surface area contributed by atoms with Crippen LogP contribution in [0.2, 0.25) is 0 Å². The summed E-state index contributed by atoms with van der Waals surface area (Å²) < 4.78 is 32.6. The summed E-state index contributed by atoms with van der Waals surface area (Å²) in [5, 5.41) is 9.08. The maximum absolute atomic E-state index is 12.4. The molecule has 0 heterocycles. The van der Waals surface area contributed by atoms with Crippen molar-refractivity contribution < 1.29 is 23.1 Å². The van der Waals surface area contributed by atoms with Gasteiger partial charge in [-0.15, -0.1) is 0 Å². The van der Waals surface area contributed by atoms with Crippen molar-refractivity contribution in [2.24, 2.45) is 0 Å². The zero-order valence-electron chi connectivity index (χ0n) is 12.1. The molecule has 0 radical (unpaired) electrons. The van der Waals surface area contributed by atoms with Crippen molar-refractivity contribution >= 4 is 37.6 Å². The highest BCUT2D eigenvalue weighted by Gasteiger charge is 2.18. The van der Waals surface area contributed by atoms with Crippen molar-refractivity contribution in [1.29, 1.82) is 0 Å². The third kappa shape index (κ3) is 4.31. The molecule has 6 nitrogen and oxygen atoms in total. The molecule has 0 amide bonds. The number of anilines is 1. The Bertz CT molecular complexity index is 836. The number of methoxy groups -OCH3 is 1. The molecule has 0 aliphatic heterocycles. The third-order valence-corrected chi connectivity index (χ3v) is 5.04. The molecule has 0 fully saturated rings. The lowest BCUT2D eigenvalue weighted by atomic mass is 10.2. The molecule has 2 aromatic carbocycles. The Balaban J connectivity index is 2.34. The summed E-state index contributed by atoms with van der Waals surface area (Å²) in [6, 6.07) is 10.6. The van der Waals surface area contributed by atoms with E-state index in [-0.39, 0.29) is 10.5 Å². The molecule has 23 heavy (non-hydrogen) atoms. The van der Waals surface area contributed by atoms with Crippen LogP contribution < -0.4 is 4.72 Å². The SMILES string of the molecule is COCc1cccc(NS(=O)(=O)c2ccc(Br)c(C(=O)O)c2)c1. The molecule has 0 aromatic heterocycles. The lowest BCUT2D eigenvalue weighted by molar-refractivity contribution is 0.0695. The number of halogens is 1. The van der Waals surface area contributed by atoms with Crippen LogP contribution in [0.15, 0.2) is 51.8 Å². The summed E-state index contributed by atoms with van der Waals surface area (Å²) in [4.78, 5) is 11.0. The Morgan fingerprint density at radius 3 is 2.65 bits per heavy atom. The molecule has 0 atom stereocenters. The standard InChI is InChI=1S/C15H14BrNO5S/c1-22-9-10-3-2-4-11(7-10)17-23(20,21)12-5-6-14(16)13(8-12)15(18)19/h2-8,17H,9H2,1H3,(H,18,19). The summed E-state index contributed by atoms with van der Waals surface area (Å²) in [5.41, 5.74) is 1.06. The van der Waals surface area contributed by atoms with E-state index in [0.29, 0.717) is 16.8 Å². The number of sulfonamides is 1. The first kappa shape index (κ1) is 17.5. The van der Waals surface area contributed by atoms with Crippen LogP contribution >= 0.6 is 15.9 Å². The molecule has 122 valence electrons. The number of aromatic carboxylic acids is 1. The lowest BCUT2D eigenvalue weighted by Gasteiger charge is -2.10. The number of nitrogens with one attached hydrogen (secondary N) is 1. The quantitative estimate of drug-likeness (QED) is 0.778. The molecule has 0 saturated heterocycles. The van der Waals surface area contributed by atoms with Gasteiger partial charge < -0.3 is 9.84 Å². The van der Waals surface area contributed by atoms with Gasteiger partial charge >= 0.3 is 5.97 Å². The minimum atomic E-state index is -3.89. The normalized spacial score (nSPS) is 11.2. The Morgan fingerprint density at radius 2 is 2.00 bits per heavy atom. The van der Waals surface area contributed by atoms with Gasteiger partial charge in [0.1, 0.15) is 0 Å². The van der Waals surface area contributed by atoms with Gasteiger partial charge in [-0.1, -0.05) is 12.1 Å². The van der Waals surface area contributed by atoms with Gasteiger partial charge in [0.05, 0.1) is 17.1 Å². The molecule has 0 unspecified atom stereocenters. The predicted molar refractivity (Wildman–Crippen MR) is 89.1 cm³/mol. The maximum Gasteiger partial charge on any atom is 0.336 e. The maximum atomic E-state index is 12.4. The third-order valence-electron chi connectivity index (χ3n) is 2.97. The van der Waals surface area contributed by atoms with Gasteiger partial charge in [0.25, 0.3) is 10.0 Å². The molecule has 2 rings (SSSR count). The fourth-order valence-corrected chi connectivity index (χ4v) is 3.43. The zero-order chi connectivity index (χ0) is 17.0. The highest BCUT2D eigenvalue weighted by atomic mass is 79.9. The average Bonchev–Trinajstić information content (AvgIpc) is 2.47. The highest BCUT2D eigenvalue weighted by molar-refractivity contribution is 9.10. The van der Waals surface area contributed by atoms with Gasteiger partial charge in [0.2, 0.25) is 0 Å². The average molecular weight is 400 g/mol. The highest BCUT2D eigenvalue weighted by Crippen LogP contribution is 2.23. The van der Waals surface area contributed by atoms with E-state index in [1.54, 1.807) is 25.3 Å². The van der Waals surface area contributed by atoms with E-state index in [2.05, 4.69) is 20.7 Å². The van der Waals surface area contributed by atoms with Crippen LogP contribution in [0.3, 0.4) is 0 Å². The molecule has 2 N–H and O–H groups in total. The molecular formula is C15H14BrNO5S. The summed E-state index contributed by atoms with van der Waals surface area (Å²) in [6.45, 7) is 0.358. The van der Waals surface area contributed by atoms with Crippen LogP contribution in [-0.2, 0) is 21.4 Å². The molecule has 2 aromatic rings. The van der Waals surface area contributed by atoms with Gasteiger partial charge in [0, 0.05) is 17.3 Å². The van der Waals surface area contributed by atoms with Gasteiger partial charge in [-0.3, -0.25) is 4.72 Å². The fourth-order valence-electron chi connectivity index (χ4n) is 1.94. The number of hydrogen-bond acceptors (Lipinski definition) is 4. The van der Waals surface area contributed by atoms with Crippen molar-refractivity contribution in [3.63, 3.8) is 0 Å². The van der Waals surface area contributed by atoms with Gasteiger partial charge in [-0.05, 0) is 51.8 Å². The van der Waals surface area contributed by atoms with E-state index in [1.165, 1.54) is 12.1 Å². The Labute approximate surface area is 142 Å². The smallest absolute Gasteiger partial charge is 0.336 e. The number of carboxylic acids is 1. The molecule has 8 heteroatoms. The van der Waals surface area contributed by atoms with Crippen LogP contribution in [0.1, 0.15) is 15.9 Å².